The van der Waals surface area contributed by atoms with Crippen molar-refractivity contribution in [2.75, 3.05) is 18.1 Å². The van der Waals surface area contributed by atoms with Crippen LogP contribution in [-0.2, 0) is 9.84 Å². The summed E-state index contributed by atoms with van der Waals surface area (Å²) in [4.78, 5) is -0.332. The number of alkyl halides is 2. The molecule has 3 nitrogen and oxygen atoms in total. The smallest absolute Gasteiger partial charge is 0.341 e. The van der Waals surface area contributed by atoms with Crippen LogP contribution in [0.5, 0.6) is 0 Å². The maximum atomic E-state index is 12.6. The number of halogens is 2. The van der Waals surface area contributed by atoms with Crippen LogP contribution < -0.4 is 5.32 Å². The average Bonchev–Trinajstić information content (AvgIpc) is 3.17. The van der Waals surface area contributed by atoms with E-state index in [9.17, 15) is 17.2 Å². The number of anilines is 1. The minimum Gasteiger partial charge on any atom is -0.383 e. The van der Waals surface area contributed by atoms with Crippen LogP contribution in [0.2, 0.25) is 0 Å². The van der Waals surface area contributed by atoms with Crippen LogP contribution in [0.3, 0.4) is 0 Å². The number of rotatable bonds is 6. The molecular formula is C12H15F2NO2S2. The van der Waals surface area contributed by atoms with Gasteiger partial charge in [-0.3, -0.25) is 0 Å². The topological polar surface area (TPSA) is 46.2 Å². The Bertz CT molecular complexity index is 557. The maximum Gasteiger partial charge on any atom is 0.341 e. The van der Waals surface area contributed by atoms with Gasteiger partial charge in [0.2, 0.25) is 9.84 Å². The molecule has 0 aromatic heterocycles. The summed E-state index contributed by atoms with van der Waals surface area (Å²) in [6, 6.07) is 5.81. The highest BCUT2D eigenvalue weighted by Gasteiger charge is 2.41. The van der Waals surface area contributed by atoms with Crippen LogP contribution in [-0.4, -0.2) is 31.7 Å². The quantitative estimate of drug-likeness (QED) is 0.877. The SMILES string of the molecule is CSC1(CNc2ccccc2S(=O)(=O)C(F)F)CC1. The molecule has 1 saturated carbocycles. The Morgan fingerprint density at radius 2 is 2.00 bits per heavy atom. The normalized spacial score (nSPS) is 17.5. The Balaban J connectivity index is 2.22. The fourth-order valence-electron chi connectivity index (χ4n) is 1.81. The summed E-state index contributed by atoms with van der Waals surface area (Å²) >= 11 is 1.72. The van der Waals surface area contributed by atoms with Gasteiger partial charge in [-0.25, -0.2) is 8.42 Å². The Labute approximate surface area is 115 Å². The van der Waals surface area contributed by atoms with Crippen molar-refractivity contribution in [1.82, 2.24) is 0 Å². The van der Waals surface area contributed by atoms with E-state index in [1.165, 1.54) is 18.2 Å². The molecule has 1 fully saturated rings. The van der Waals surface area contributed by atoms with Gasteiger partial charge in [0.1, 0.15) is 0 Å². The summed E-state index contributed by atoms with van der Waals surface area (Å²) in [6.45, 7) is 0.587. The standard InChI is InChI=1S/C12H15F2NO2S2/c1-18-12(6-7-12)8-15-9-4-2-3-5-10(9)19(16,17)11(13)14/h2-5,11,15H,6-8H2,1H3. The molecule has 19 heavy (non-hydrogen) atoms. The van der Waals surface area contributed by atoms with Crippen molar-refractivity contribution < 1.29 is 17.2 Å². The lowest BCUT2D eigenvalue weighted by molar-refractivity contribution is 0.235. The minimum atomic E-state index is -4.56. The first kappa shape index (κ1) is 14.6. The predicted octanol–water partition coefficient (Wildman–Crippen LogP) is 2.99. The molecule has 7 heteroatoms. The van der Waals surface area contributed by atoms with E-state index in [0.717, 1.165) is 12.8 Å². The monoisotopic (exact) mass is 307 g/mol. The van der Waals surface area contributed by atoms with Gasteiger partial charge in [0.05, 0.1) is 10.6 Å². The van der Waals surface area contributed by atoms with Crippen molar-refractivity contribution in [1.29, 1.82) is 0 Å². The Morgan fingerprint density at radius 3 is 2.53 bits per heavy atom. The lowest BCUT2D eigenvalue weighted by Gasteiger charge is -2.16. The number of benzene rings is 1. The second kappa shape index (κ2) is 5.28. The summed E-state index contributed by atoms with van der Waals surface area (Å²) in [5.41, 5.74) is 0.253. The lowest BCUT2D eigenvalue weighted by atomic mass is 10.3. The fraction of sp³-hybridized carbons (Fsp3) is 0.500. The van der Waals surface area contributed by atoms with Gasteiger partial charge in [-0.2, -0.15) is 20.5 Å². The van der Waals surface area contributed by atoms with Crippen LogP contribution in [0.1, 0.15) is 12.8 Å². The van der Waals surface area contributed by atoms with Gasteiger partial charge in [-0.05, 0) is 31.2 Å². The molecule has 0 amide bonds. The van der Waals surface area contributed by atoms with Crippen molar-refractivity contribution in [3.05, 3.63) is 24.3 Å². The number of hydrogen-bond acceptors (Lipinski definition) is 4. The highest BCUT2D eigenvalue weighted by molar-refractivity contribution is 8.00. The van der Waals surface area contributed by atoms with Gasteiger partial charge in [-0.15, -0.1) is 0 Å². The molecule has 106 valence electrons. The largest absolute Gasteiger partial charge is 0.383 e. The van der Waals surface area contributed by atoms with Crippen molar-refractivity contribution in [2.45, 2.75) is 28.2 Å². The van der Waals surface area contributed by atoms with Crippen LogP contribution in [0, 0.1) is 0 Å². The predicted molar refractivity (Wildman–Crippen MR) is 73.6 cm³/mol. The third kappa shape index (κ3) is 3.02. The van der Waals surface area contributed by atoms with Gasteiger partial charge < -0.3 is 5.32 Å². The third-order valence-corrected chi connectivity index (χ3v) is 6.13. The van der Waals surface area contributed by atoms with E-state index in [1.54, 1.807) is 17.8 Å². The molecule has 1 aromatic carbocycles. The Kier molecular flexibility index (Phi) is 4.06. The molecule has 0 saturated heterocycles. The van der Waals surface area contributed by atoms with E-state index in [-0.39, 0.29) is 15.3 Å². The van der Waals surface area contributed by atoms with Crippen LogP contribution in [0.15, 0.2) is 29.2 Å². The first-order valence-electron chi connectivity index (χ1n) is 5.81. The first-order valence-corrected chi connectivity index (χ1v) is 8.58. The molecule has 1 N–H and O–H groups in total. The summed E-state index contributed by atoms with van der Waals surface area (Å²) in [5.74, 6) is -3.40. The van der Waals surface area contributed by atoms with Gasteiger partial charge >= 0.3 is 5.76 Å². The molecule has 0 unspecified atom stereocenters. The number of thioether (sulfide) groups is 1. The molecular weight excluding hydrogens is 292 g/mol. The second-order valence-corrected chi connectivity index (χ2v) is 7.70. The summed E-state index contributed by atoms with van der Waals surface area (Å²) < 4.78 is 48.5. The molecule has 1 aromatic rings. The first-order chi connectivity index (χ1) is 8.91. The van der Waals surface area contributed by atoms with Crippen molar-refractivity contribution >= 4 is 27.3 Å². The molecule has 1 aliphatic rings. The molecule has 0 spiro atoms. The molecule has 0 bridgehead atoms. The Morgan fingerprint density at radius 1 is 1.37 bits per heavy atom. The highest BCUT2D eigenvalue weighted by Crippen LogP contribution is 2.47. The van der Waals surface area contributed by atoms with Crippen molar-refractivity contribution in [3.63, 3.8) is 0 Å². The molecule has 1 aliphatic carbocycles. The van der Waals surface area contributed by atoms with Gasteiger partial charge in [-0.1, -0.05) is 12.1 Å². The molecule has 0 atom stereocenters. The zero-order valence-electron chi connectivity index (χ0n) is 10.4. The summed E-state index contributed by atoms with van der Waals surface area (Å²) in [5, 5.41) is 2.99. The summed E-state index contributed by atoms with van der Waals surface area (Å²) in [6.07, 6.45) is 4.12. The maximum absolute atomic E-state index is 12.6. The second-order valence-electron chi connectivity index (χ2n) is 4.54. The number of nitrogens with one attached hydrogen (secondary N) is 1. The van der Waals surface area contributed by atoms with E-state index < -0.39 is 15.6 Å². The third-order valence-electron chi connectivity index (χ3n) is 3.27. The van der Waals surface area contributed by atoms with E-state index in [1.807, 2.05) is 6.26 Å². The molecule has 0 radical (unpaired) electrons. The van der Waals surface area contributed by atoms with Gasteiger partial charge in [0, 0.05) is 11.3 Å². The fourth-order valence-corrected chi connectivity index (χ4v) is 3.44. The van der Waals surface area contributed by atoms with E-state index in [2.05, 4.69) is 5.32 Å². The van der Waals surface area contributed by atoms with Crippen LogP contribution >= 0.6 is 11.8 Å². The summed E-state index contributed by atoms with van der Waals surface area (Å²) in [7, 11) is -4.56. The number of hydrogen-bond donors (Lipinski definition) is 1. The van der Waals surface area contributed by atoms with Gasteiger partial charge in [0.15, 0.2) is 0 Å². The minimum absolute atomic E-state index is 0.127. The van der Waals surface area contributed by atoms with Gasteiger partial charge in [0.25, 0.3) is 0 Å². The number of para-hydroxylation sites is 1. The van der Waals surface area contributed by atoms with E-state index in [4.69, 9.17) is 0 Å². The van der Waals surface area contributed by atoms with E-state index in [0.29, 0.717) is 6.54 Å². The average molecular weight is 307 g/mol. The zero-order valence-corrected chi connectivity index (χ0v) is 12.0. The van der Waals surface area contributed by atoms with Crippen LogP contribution in [0.25, 0.3) is 0 Å². The molecule has 2 rings (SSSR count). The van der Waals surface area contributed by atoms with Crippen molar-refractivity contribution in [2.24, 2.45) is 0 Å². The van der Waals surface area contributed by atoms with E-state index >= 15 is 0 Å². The van der Waals surface area contributed by atoms with Crippen LogP contribution in [0.4, 0.5) is 14.5 Å². The molecule has 0 aliphatic heterocycles. The molecule has 0 heterocycles. The lowest BCUT2D eigenvalue weighted by Crippen LogP contribution is -2.20. The Hall–Kier alpha value is -0.820. The highest BCUT2D eigenvalue weighted by atomic mass is 32.2. The number of sulfone groups is 1. The zero-order chi connectivity index (χ0) is 14.1. The van der Waals surface area contributed by atoms with Crippen molar-refractivity contribution in [3.8, 4) is 0 Å².